The molecule has 3 rings (SSSR count). The van der Waals surface area contributed by atoms with E-state index in [0.717, 1.165) is 11.5 Å². The van der Waals surface area contributed by atoms with Crippen molar-refractivity contribution in [3.8, 4) is 0 Å². The van der Waals surface area contributed by atoms with E-state index in [-0.39, 0.29) is 29.8 Å². The highest BCUT2D eigenvalue weighted by molar-refractivity contribution is 7.99. The monoisotopic (exact) mass is 448 g/mol. The number of aromatic nitrogens is 3. The number of carbonyl (C=O) groups is 2. The average molecular weight is 449 g/mol. The molecule has 0 aliphatic carbocycles. The maximum Gasteiger partial charge on any atom is 0.233 e. The zero-order valence-corrected chi connectivity index (χ0v) is 18.8. The molecule has 1 aromatic heterocycles. The van der Waals surface area contributed by atoms with Crippen molar-refractivity contribution < 1.29 is 14.0 Å². The van der Waals surface area contributed by atoms with Gasteiger partial charge in [0, 0.05) is 51.3 Å². The second kappa shape index (κ2) is 10.6. The van der Waals surface area contributed by atoms with Crippen LogP contribution < -0.4 is 10.6 Å². The number of hydrogen-bond acceptors (Lipinski definition) is 6. The molecule has 0 unspecified atom stereocenters. The summed E-state index contributed by atoms with van der Waals surface area (Å²) < 4.78 is 15.1. The van der Waals surface area contributed by atoms with Gasteiger partial charge < -0.3 is 20.1 Å². The lowest BCUT2D eigenvalue weighted by Gasteiger charge is -2.36. The summed E-state index contributed by atoms with van der Waals surface area (Å²) in [5.74, 6) is 0.804. The molecular formula is C21H29FN6O2S. The second-order valence-electron chi connectivity index (χ2n) is 8.00. The number of halogens is 1. The van der Waals surface area contributed by atoms with Crippen LogP contribution in [0, 0.1) is 11.7 Å². The Morgan fingerprint density at radius 1 is 1.13 bits per heavy atom. The number of anilines is 1. The Labute approximate surface area is 186 Å². The normalized spacial score (nSPS) is 14.3. The molecule has 0 radical (unpaired) electrons. The average Bonchev–Trinajstić information content (AvgIpc) is 3.12. The number of primary amides is 1. The Hall–Kier alpha value is -2.62. The van der Waals surface area contributed by atoms with E-state index in [9.17, 15) is 14.0 Å². The lowest BCUT2D eigenvalue weighted by molar-refractivity contribution is -0.128. The SMILES string of the molecule is CC(C)Cn1c(CCC(N)=O)nnc1SCC(=O)N1CCN(c2ccc(F)cc2)CC1. The van der Waals surface area contributed by atoms with Crippen LogP contribution in [0.2, 0.25) is 0 Å². The van der Waals surface area contributed by atoms with E-state index in [4.69, 9.17) is 5.73 Å². The highest BCUT2D eigenvalue weighted by Crippen LogP contribution is 2.21. The third-order valence-electron chi connectivity index (χ3n) is 5.09. The summed E-state index contributed by atoms with van der Waals surface area (Å²) in [4.78, 5) is 27.9. The molecule has 10 heteroatoms. The molecule has 1 saturated heterocycles. The molecule has 0 bridgehead atoms. The van der Waals surface area contributed by atoms with Crippen LogP contribution in [-0.2, 0) is 22.6 Å². The molecule has 2 N–H and O–H groups in total. The van der Waals surface area contributed by atoms with Gasteiger partial charge in [-0.1, -0.05) is 25.6 Å². The smallest absolute Gasteiger partial charge is 0.233 e. The minimum absolute atomic E-state index is 0.0570. The Kier molecular flexibility index (Phi) is 7.89. The fourth-order valence-electron chi connectivity index (χ4n) is 3.48. The van der Waals surface area contributed by atoms with Gasteiger partial charge in [-0.2, -0.15) is 0 Å². The number of rotatable bonds is 9. The van der Waals surface area contributed by atoms with Crippen LogP contribution >= 0.6 is 11.8 Å². The van der Waals surface area contributed by atoms with Crippen LogP contribution in [0.4, 0.5) is 10.1 Å². The summed E-state index contributed by atoms with van der Waals surface area (Å²) in [5.41, 5.74) is 6.23. The summed E-state index contributed by atoms with van der Waals surface area (Å²) >= 11 is 1.37. The number of aryl methyl sites for hydroxylation is 1. The molecule has 0 spiro atoms. The highest BCUT2D eigenvalue weighted by atomic mass is 32.2. The van der Waals surface area contributed by atoms with Crippen LogP contribution in [0.25, 0.3) is 0 Å². The summed E-state index contributed by atoms with van der Waals surface area (Å²) in [5, 5.41) is 9.13. The van der Waals surface area contributed by atoms with Gasteiger partial charge in [-0.3, -0.25) is 9.59 Å². The number of nitrogens with zero attached hydrogens (tertiary/aromatic N) is 5. The van der Waals surface area contributed by atoms with Crippen molar-refractivity contribution >= 4 is 29.3 Å². The summed E-state index contributed by atoms with van der Waals surface area (Å²) in [6.45, 7) is 7.58. The van der Waals surface area contributed by atoms with Gasteiger partial charge in [-0.25, -0.2) is 4.39 Å². The molecule has 8 nitrogen and oxygen atoms in total. The Morgan fingerprint density at radius 3 is 2.42 bits per heavy atom. The van der Waals surface area contributed by atoms with Crippen molar-refractivity contribution in [2.75, 3.05) is 36.8 Å². The first-order chi connectivity index (χ1) is 14.8. The summed E-state index contributed by atoms with van der Waals surface area (Å²) in [6.07, 6.45) is 0.660. The van der Waals surface area contributed by atoms with Crippen molar-refractivity contribution in [1.29, 1.82) is 0 Å². The number of benzene rings is 1. The molecule has 2 amide bonds. The van der Waals surface area contributed by atoms with Crippen molar-refractivity contribution in [2.45, 2.75) is 38.4 Å². The number of amides is 2. The molecule has 0 saturated carbocycles. The lowest BCUT2D eigenvalue weighted by Crippen LogP contribution is -2.49. The summed E-state index contributed by atoms with van der Waals surface area (Å²) in [7, 11) is 0. The van der Waals surface area contributed by atoms with Gasteiger partial charge in [0.2, 0.25) is 11.8 Å². The van der Waals surface area contributed by atoms with Crippen LogP contribution in [0.3, 0.4) is 0 Å². The fraction of sp³-hybridized carbons (Fsp3) is 0.524. The topological polar surface area (TPSA) is 97.3 Å². The summed E-state index contributed by atoms with van der Waals surface area (Å²) in [6, 6.07) is 6.43. The number of carbonyl (C=O) groups excluding carboxylic acids is 2. The first-order valence-electron chi connectivity index (χ1n) is 10.4. The maximum absolute atomic E-state index is 13.1. The highest BCUT2D eigenvalue weighted by Gasteiger charge is 2.23. The van der Waals surface area contributed by atoms with Crippen molar-refractivity contribution in [1.82, 2.24) is 19.7 Å². The number of hydrogen-bond donors (Lipinski definition) is 1. The van der Waals surface area contributed by atoms with Crippen LogP contribution in [0.15, 0.2) is 29.4 Å². The molecule has 1 aliphatic heterocycles. The Bertz CT molecular complexity index is 894. The standard InChI is InChI=1S/C21H29FN6O2S/c1-15(2)13-28-19(8-7-18(23)29)24-25-21(28)31-14-20(30)27-11-9-26(10-12-27)17-5-3-16(22)4-6-17/h3-6,15H,7-14H2,1-2H3,(H2,23,29). The number of piperazine rings is 1. The molecule has 0 atom stereocenters. The molecule has 2 heterocycles. The van der Waals surface area contributed by atoms with Crippen molar-refractivity contribution in [3.05, 3.63) is 35.9 Å². The first kappa shape index (κ1) is 23.1. The lowest BCUT2D eigenvalue weighted by atomic mass is 10.2. The van der Waals surface area contributed by atoms with Gasteiger partial charge in [0.25, 0.3) is 0 Å². The zero-order chi connectivity index (χ0) is 22.4. The minimum atomic E-state index is -0.372. The molecule has 1 aromatic carbocycles. The van der Waals surface area contributed by atoms with E-state index < -0.39 is 0 Å². The first-order valence-corrected chi connectivity index (χ1v) is 11.4. The van der Waals surface area contributed by atoms with Gasteiger partial charge in [0.05, 0.1) is 5.75 Å². The number of thioether (sulfide) groups is 1. The van der Waals surface area contributed by atoms with E-state index in [1.54, 1.807) is 12.1 Å². The fourth-order valence-corrected chi connectivity index (χ4v) is 4.35. The van der Waals surface area contributed by atoms with E-state index in [0.29, 0.717) is 50.2 Å². The molecule has 31 heavy (non-hydrogen) atoms. The molecule has 1 aliphatic rings. The van der Waals surface area contributed by atoms with E-state index >= 15 is 0 Å². The van der Waals surface area contributed by atoms with Gasteiger partial charge in [0.1, 0.15) is 11.6 Å². The quantitative estimate of drug-likeness (QED) is 0.589. The minimum Gasteiger partial charge on any atom is -0.370 e. The Balaban J connectivity index is 1.54. The predicted molar refractivity (Wildman–Crippen MR) is 118 cm³/mol. The second-order valence-corrected chi connectivity index (χ2v) is 8.94. The van der Waals surface area contributed by atoms with Crippen LogP contribution in [0.1, 0.15) is 26.1 Å². The van der Waals surface area contributed by atoms with Crippen molar-refractivity contribution in [2.24, 2.45) is 11.7 Å². The van der Waals surface area contributed by atoms with Gasteiger partial charge in [-0.05, 0) is 30.2 Å². The van der Waals surface area contributed by atoms with Crippen LogP contribution in [0.5, 0.6) is 0 Å². The zero-order valence-electron chi connectivity index (χ0n) is 18.0. The molecule has 1 fully saturated rings. The number of nitrogens with two attached hydrogens (primary N) is 1. The van der Waals surface area contributed by atoms with Crippen LogP contribution in [-0.4, -0.2) is 63.4 Å². The van der Waals surface area contributed by atoms with Gasteiger partial charge in [-0.15, -0.1) is 10.2 Å². The van der Waals surface area contributed by atoms with E-state index in [1.165, 1.54) is 23.9 Å². The Morgan fingerprint density at radius 2 is 1.81 bits per heavy atom. The van der Waals surface area contributed by atoms with E-state index in [2.05, 4.69) is 28.9 Å². The molecular weight excluding hydrogens is 419 g/mol. The van der Waals surface area contributed by atoms with E-state index in [1.807, 2.05) is 9.47 Å². The largest absolute Gasteiger partial charge is 0.370 e. The van der Waals surface area contributed by atoms with Crippen molar-refractivity contribution in [3.63, 3.8) is 0 Å². The molecule has 168 valence electrons. The van der Waals surface area contributed by atoms with Gasteiger partial charge >= 0.3 is 0 Å². The third kappa shape index (κ3) is 6.43. The van der Waals surface area contributed by atoms with Gasteiger partial charge in [0.15, 0.2) is 5.16 Å². The maximum atomic E-state index is 13.1. The third-order valence-corrected chi connectivity index (χ3v) is 6.04. The molecule has 2 aromatic rings. The predicted octanol–water partition coefficient (Wildman–Crippen LogP) is 1.93.